The molecule has 0 aliphatic heterocycles. The van der Waals surface area contributed by atoms with Crippen LogP contribution in [0.15, 0.2) is 45.9 Å². The lowest BCUT2D eigenvalue weighted by Gasteiger charge is -2.33. The molecule has 3 aromatic rings. The summed E-state index contributed by atoms with van der Waals surface area (Å²) in [5, 5.41) is 16.5. The number of sulfonamides is 1. The lowest BCUT2D eigenvalue weighted by atomic mass is 9.92. The van der Waals surface area contributed by atoms with Gasteiger partial charge in [0.25, 0.3) is 15.6 Å². The molecule has 0 fully saturated rings. The largest absolute Gasteiger partial charge is 0.430 e. The summed E-state index contributed by atoms with van der Waals surface area (Å²) in [7, 11) is -4.42. The normalized spacial score (nSPS) is 13.5. The quantitative estimate of drug-likeness (QED) is 0.518. The lowest BCUT2D eigenvalue weighted by Crippen LogP contribution is -2.53. The Kier molecular flexibility index (Phi) is 5.85. The van der Waals surface area contributed by atoms with Gasteiger partial charge in [0.05, 0.1) is 10.7 Å². The molecule has 0 radical (unpaired) electrons. The van der Waals surface area contributed by atoms with E-state index >= 15 is 0 Å². The first-order valence-electron chi connectivity index (χ1n) is 8.56. The van der Waals surface area contributed by atoms with Crippen molar-refractivity contribution in [1.82, 2.24) is 10.3 Å². The Hall–Kier alpha value is -2.58. The molecular formula is C17H12ClF6N3O4S. The van der Waals surface area contributed by atoms with Crippen LogP contribution in [0.5, 0.6) is 0 Å². The molecule has 0 amide bonds. The van der Waals surface area contributed by atoms with E-state index in [1.165, 1.54) is 13.0 Å². The van der Waals surface area contributed by atoms with Crippen molar-refractivity contribution in [3.8, 4) is 0 Å². The highest BCUT2D eigenvalue weighted by Crippen LogP contribution is 2.50. The smallest absolute Gasteiger partial charge is 0.369 e. The molecular weight excluding hydrogens is 492 g/mol. The Morgan fingerprint density at radius 3 is 2.00 bits per heavy atom. The third-order valence-corrected chi connectivity index (χ3v) is 6.82. The monoisotopic (exact) mass is 503 g/mol. The van der Waals surface area contributed by atoms with E-state index in [0.29, 0.717) is 28.6 Å². The molecule has 0 atom stereocenters. The second-order valence-electron chi connectivity index (χ2n) is 6.43. The van der Waals surface area contributed by atoms with Gasteiger partial charge < -0.3 is 5.11 Å². The van der Waals surface area contributed by atoms with Crippen molar-refractivity contribution in [1.29, 1.82) is 0 Å². The number of alkyl halides is 6. The summed E-state index contributed by atoms with van der Waals surface area (Å²) in [4.78, 5) is -0.397. The van der Waals surface area contributed by atoms with E-state index in [-0.39, 0.29) is 28.3 Å². The number of rotatable bonds is 5. The van der Waals surface area contributed by atoms with E-state index in [9.17, 15) is 39.9 Å². The topological polar surface area (TPSA) is 96.5 Å². The molecule has 1 N–H and O–H groups in total. The zero-order chi connectivity index (χ0) is 24.1. The van der Waals surface area contributed by atoms with Crippen molar-refractivity contribution in [2.75, 3.05) is 10.8 Å². The van der Waals surface area contributed by atoms with Crippen LogP contribution in [0.4, 0.5) is 32.0 Å². The van der Waals surface area contributed by atoms with Gasteiger partial charge in [-0.1, -0.05) is 23.7 Å². The van der Waals surface area contributed by atoms with Crippen molar-refractivity contribution < 1.29 is 44.5 Å². The van der Waals surface area contributed by atoms with E-state index in [2.05, 4.69) is 14.9 Å². The summed E-state index contributed by atoms with van der Waals surface area (Å²) in [6.07, 6.45) is -12.1. The molecule has 2 aromatic carbocycles. The molecule has 1 aromatic heterocycles. The molecule has 0 aliphatic carbocycles. The number of aromatic nitrogens is 2. The Morgan fingerprint density at radius 2 is 1.50 bits per heavy atom. The average Bonchev–Trinajstić information content (AvgIpc) is 3.17. The summed E-state index contributed by atoms with van der Waals surface area (Å²) < 4.78 is 110. The fourth-order valence-corrected chi connectivity index (χ4v) is 4.77. The molecule has 0 aliphatic rings. The van der Waals surface area contributed by atoms with Crippen LogP contribution in [0.3, 0.4) is 0 Å². The van der Waals surface area contributed by atoms with Gasteiger partial charge >= 0.3 is 12.4 Å². The summed E-state index contributed by atoms with van der Waals surface area (Å²) in [5.74, 6) is 0. The van der Waals surface area contributed by atoms with Gasteiger partial charge in [-0.25, -0.2) is 13.0 Å². The number of hydrogen-bond acceptors (Lipinski definition) is 6. The minimum Gasteiger partial charge on any atom is -0.369 e. The maximum absolute atomic E-state index is 13.2. The number of hydrogen-bond donors (Lipinski definition) is 1. The van der Waals surface area contributed by atoms with Crippen LogP contribution in [0.2, 0.25) is 5.02 Å². The number of aliphatic hydroxyl groups is 1. The first kappa shape index (κ1) is 24.1. The predicted octanol–water partition coefficient (Wildman–Crippen LogP) is 4.40. The fraction of sp³-hybridized carbons (Fsp3) is 0.294. The van der Waals surface area contributed by atoms with Gasteiger partial charge in [-0.05, 0) is 41.5 Å². The van der Waals surface area contributed by atoms with Crippen LogP contribution in [0.1, 0.15) is 12.5 Å². The lowest BCUT2D eigenvalue weighted by molar-refractivity contribution is -0.376. The Bertz CT molecular complexity index is 1230. The predicted molar refractivity (Wildman–Crippen MR) is 99.5 cm³/mol. The van der Waals surface area contributed by atoms with Crippen LogP contribution < -0.4 is 4.31 Å². The van der Waals surface area contributed by atoms with Gasteiger partial charge in [-0.2, -0.15) is 26.3 Å². The second kappa shape index (κ2) is 7.78. The first-order valence-corrected chi connectivity index (χ1v) is 10.4. The number of halogens is 7. The minimum absolute atomic E-state index is 0.0474. The average molecular weight is 504 g/mol. The zero-order valence-electron chi connectivity index (χ0n) is 15.7. The van der Waals surface area contributed by atoms with Crippen LogP contribution in [0, 0.1) is 0 Å². The van der Waals surface area contributed by atoms with Gasteiger partial charge in [0, 0.05) is 12.1 Å². The van der Waals surface area contributed by atoms with E-state index in [1.54, 1.807) is 0 Å². The van der Waals surface area contributed by atoms with Gasteiger partial charge in [0.15, 0.2) is 11.0 Å². The van der Waals surface area contributed by atoms with Crippen molar-refractivity contribution >= 4 is 38.3 Å². The van der Waals surface area contributed by atoms with Gasteiger partial charge in [-0.3, -0.25) is 4.31 Å². The van der Waals surface area contributed by atoms with E-state index < -0.39 is 38.4 Å². The number of anilines is 1. The standard InChI is InChI=1S/C17H12ClF6N3O4S/c1-2-27(32(29,30)12-8-7-11(18)13-14(12)26-31-25-13)10-5-3-9(4-6-10)15(28,16(19,20)21)17(22,23)24/h3-8,28H,2H2,1H3. The number of benzene rings is 2. The van der Waals surface area contributed by atoms with Gasteiger partial charge in [-0.15, -0.1) is 0 Å². The highest BCUT2D eigenvalue weighted by molar-refractivity contribution is 7.93. The van der Waals surface area contributed by atoms with Gasteiger partial charge in [0.2, 0.25) is 0 Å². The van der Waals surface area contributed by atoms with Crippen molar-refractivity contribution in [3.05, 3.63) is 47.0 Å². The zero-order valence-corrected chi connectivity index (χ0v) is 17.3. The molecule has 0 spiro atoms. The molecule has 15 heteroatoms. The van der Waals surface area contributed by atoms with Crippen LogP contribution in [0.25, 0.3) is 11.0 Å². The maximum Gasteiger partial charge on any atom is 0.430 e. The number of nitrogens with zero attached hydrogens (tertiary/aromatic N) is 3. The summed E-state index contributed by atoms with van der Waals surface area (Å²) >= 11 is 5.91. The van der Waals surface area contributed by atoms with E-state index in [1.807, 2.05) is 0 Å². The van der Waals surface area contributed by atoms with Gasteiger partial charge in [0.1, 0.15) is 4.90 Å². The molecule has 32 heavy (non-hydrogen) atoms. The highest BCUT2D eigenvalue weighted by Gasteiger charge is 2.71. The Labute approximate surface area is 181 Å². The van der Waals surface area contributed by atoms with E-state index in [4.69, 9.17) is 11.6 Å². The maximum atomic E-state index is 13.2. The van der Waals surface area contributed by atoms with Crippen molar-refractivity contribution in [2.45, 2.75) is 29.8 Å². The second-order valence-corrected chi connectivity index (χ2v) is 8.67. The molecule has 3 rings (SSSR count). The third-order valence-electron chi connectivity index (χ3n) is 4.58. The third kappa shape index (κ3) is 3.65. The molecule has 0 bridgehead atoms. The Balaban J connectivity index is 2.09. The SMILES string of the molecule is CCN(c1ccc(C(O)(C(F)(F)F)C(F)(F)F)cc1)S(=O)(=O)c1ccc(Cl)c2nonc12. The van der Waals surface area contributed by atoms with Crippen LogP contribution in [-0.2, 0) is 15.6 Å². The molecule has 174 valence electrons. The first-order chi connectivity index (χ1) is 14.7. The molecule has 0 saturated heterocycles. The summed E-state index contributed by atoms with van der Waals surface area (Å²) in [6.45, 7) is 1.14. The van der Waals surface area contributed by atoms with Crippen LogP contribution >= 0.6 is 11.6 Å². The number of fused-ring (bicyclic) bond motifs is 1. The van der Waals surface area contributed by atoms with E-state index in [0.717, 1.165) is 6.07 Å². The highest BCUT2D eigenvalue weighted by atomic mass is 35.5. The Morgan fingerprint density at radius 1 is 0.969 bits per heavy atom. The van der Waals surface area contributed by atoms with Crippen molar-refractivity contribution in [3.63, 3.8) is 0 Å². The fourth-order valence-electron chi connectivity index (χ4n) is 2.99. The van der Waals surface area contributed by atoms with Crippen molar-refractivity contribution in [2.24, 2.45) is 0 Å². The minimum atomic E-state index is -6.07. The molecule has 0 saturated carbocycles. The summed E-state index contributed by atoms with van der Waals surface area (Å²) in [5.41, 5.74) is -7.19. The molecule has 0 unspecified atom stereocenters. The molecule has 7 nitrogen and oxygen atoms in total. The summed E-state index contributed by atoms with van der Waals surface area (Å²) in [6, 6.07) is 4.45. The van der Waals surface area contributed by atoms with Crippen LogP contribution in [-0.4, -0.2) is 42.7 Å². The molecule has 1 heterocycles.